The zero-order chi connectivity index (χ0) is 19.1. The van der Waals surface area contributed by atoms with E-state index >= 15 is 0 Å². The number of nitrogens with zero attached hydrogens (tertiary/aromatic N) is 1. The number of carbonyl (C=O) groups excluding carboxylic acids is 2. The van der Waals surface area contributed by atoms with E-state index in [9.17, 15) is 19.5 Å². The lowest BCUT2D eigenvalue weighted by Gasteiger charge is -2.25. The number of rotatable bonds is 9. The van der Waals surface area contributed by atoms with E-state index in [1.807, 2.05) is 31.2 Å². The maximum atomic E-state index is 12.5. The Morgan fingerprint density at radius 2 is 2.12 bits per heavy atom. The first-order chi connectivity index (χ1) is 12.4. The highest BCUT2D eigenvalue weighted by atomic mass is 16.5. The van der Waals surface area contributed by atoms with Crippen LogP contribution in [0.15, 0.2) is 36.9 Å². The molecule has 0 bridgehead atoms. The predicted octanol–water partition coefficient (Wildman–Crippen LogP) is 1.26. The van der Waals surface area contributed by atoms with Crippen molar-refractivity contribution in [2.75, 3.05) is 13.2 Å². The second kappa shape index (κ2) is 9.15. The zero-order valence-electron chi connectivity index (χ0n) is 14.8. The highest BCUT2D eigenvalue weighted by Crippen LogP contribution is 2.22. The summed E-state index contributed by atoms with van der Waals surface area (Å²) in [5.74, 6) is -1.77. The van der Waals surface area contributed by atoms with Gasteiger partial charge in [0.05, 0.1) is 13.2 Å². The van der Waals surface area contributed by atoms with Gasteiger partial charge in [-0.15, -0.1) is 6.58 Å². The average molecular weight is 360 g/mol. The van der Waals surface area contributed by atoms with E-state index in [1.165, 1.54) is 11.0 Å². The predicted molar refractivity (Wildman–Crippen MR) is 95.3 cm³/mol. The number of benzene rings is 1. The minimum Gasteiger partial charge on any atom is -0.480 e. The molecule has 1 heterocycles. The number of hydrogen-bond donors (Lipinski definition) is 2. The molecule has 1 saturated heterocycles. The fourth-order valence-electron chi connectivity index (χ4n) is 2.81. The van der Waals surface area contributed by atoms with E-state index in [0.29, 0.717) is 13.0 Å². The molecule has 0 saturated carbocycles. The van der Waals surface area contributed by atoms with Crippen molar-refractivity contribution in [2.45, 2.75) is 38.4 Å². The number of nitrogens with one attached hydrogen (secondary N) is 1. The van der Waals surface area contributed by atoms with Gasteiger partial charge in [-0.2, -0.15) is 0 Å². The van der Waals surface area contributed by atoms with Crippen LogP contribution in [0.3, 0.4) is 0 Å². The molecule has 2 rings (SSSR count). The molecule has 26 heavy (non-hydrogen) atoms. The highest BCUT2D eigenvalue weighted by Gasteiger charge is 2.37. The quantitative estimate of drug-likeness (QED) is 0.510. The summed E-state index contributed by atoms with van der Waals surface area (Å²) in [5.41, 5.74) is 2.03. The van der Waals surface area contributed by atoms with Crippen LogP contribution in [0.1, 0.15) is 24.0 Å². The number of carboxylic acid groups (broad SMARTS) is 1. The second-order valence-corrected chi connectivity index (χ2v) is 6.29. The van der Waals surface area contributed by atoms with Crippen LogP contribution in [0.2, 0.25) is 0 Å². The summed E-state index contributed by atoms with van der Waals surface area (Å²) in [6.07, 6.45) is 2.14. The molecule has 2 atom stereocenters. The lowest BCUT2D eigenvalue weighted by Crippen LogP contribution is -2.51. The number of aliphatic carboxylic acids is 1. The third-order valence-electron chi connectivity index (χ3n) is 4.24. The van der Waals surface area contributed by atoms with Crippen molar-refractivity contribution in [1.29, 1.82) is 0 Å². The van der Waals surface area contributed by atoms with Gasteiger partial charge in [0.2, 0.25) is 11.8 Å². The molecular formula is C19H24N2O5. The molecule has 1 aliphatic heterocycles. The smallest absolute Gasteiger partial charge is 0.328 e. The molecule has 2 amide bonds. The number of likely N-dealkylation sites (tertiary alicyclic amines) is 1. The van der Waals surface area contributed by atoms with Crippen molar-refractivity contribution in [2.24, 2.45) is 0 Å². The Labute approximate surface area is 152 Å². The molecule has 0 aromatic heterocycles. The highest BCUT2D eigenvalue weighted by molar-refractivity contribution is 5.92. The van der Waals surface area contributed by atoms with Gasteiger partial charge >= 0.3 is 5.97 Å². The third kappa shape index (κ3) is 5.16. The van der Waals surface area contributed by atoms with Crippen molar-refractivity contribution in [3.63, 3.8) is 0 Å². The summed E-state index contributed by atoms with van der Waals surface area (Å²) in [4.78, 5) is 37.5. The van der Waals surface area contributed by atoms with Crippen LogP contribution >= 0.6 is 0 Å². The van der Waals surface area contributed by atoms with Gasteiger partial charge in [-0.05, 0) is 18.9 Å². The summed E-state index contributed by atoms with van der Waals surface area (Å²) >= 11 is 0. The normalized spacial score (nSPS) is 17.8. The van der Waals surface area contributed by atoms with E-state index in [0.717, 1.165) is 11.1 Å². The van der Waals surface area contributed by atoms with E-state index in [1.54, 1.807) is 0 Å². The van der Waals surface area contributed by atoms with Crippen molar-refractivity contribution in [3.8, 4) is 0 Å². The van der Waals surface area contributed by atoms with Gasteiger partial charge in [0, 0.05) is 13.0 Å². The summed E-state index contributed by atoms with van der Waals surface area (Å²) in [6, 6.07) is 5.88. The Hall–Kier alpha value is -2.67. The molecule has 7 nitrogen and oxygen atoms in total. The lowest BCUT2D eigenvalue weighted by atomic mass is 10.1. The molecule has 2 unspecified atom stereocenters. The molecule has 0 radical (unpaired) electrons. The van der Waals surface area contributed by atoms with E-state index < -0.39 is 24.0 Å². The van der Waals surface area contributed by atoms with Gasteiger partial charge in [-0.3, -0.25) is 9.59 Å². The maximum Gasteiger partial charge on any atom is 0.328 e. The molecule has 1 aromatic rings. The topological polar surface area (TPSA) is 95.9 Å². The molecule has 0 spiro atoms. The molecule has 1 aromatic carbocycles. The molecule has 140 valence electrons. The SMILES string of the molecule is C=CCOCC(NC(=O)C1CCC(=O)N1Cc1ccc(C)cc1)C(=O)O. The summed E-state index contributed by atoms with van der Waals surface area (Å²) in [5, 5.41) is 11.7. The largest absolute Gasteiger partial charge is 0.480 e. The molecular weight excluding hydrogens is 336 g/mol. The van der Waals surface area contributed by atoms with Crippen LogP contribution in [-0.4, -0.2) is 53.1 Å². The first-order valence-corrected chi connectivity index (χ1v) is 8.49. The number of carbonyl (C=O) groups is 3. The Morgan fingerprint density at radius 3 is 2.73 bits per heavy atom. The number of hydrogen-bond acceptors (Lipinski definition) is 4. The lowest BCUT2D eigenvalue weighted by molar-refractivity contribution is -0.144. The van der Waals surface area contributed by atoms with E-state index in [2.05, 4.69) is 11.9 Å². The van der Waals surface area contributed by atoms with Crippen LogP contribution in [0.25, 0.3) is 0 Å². The van der Waals surface area contributed by atoms with Gasteiger partial charge < -0.3 is 20.1 Å². The monoisotopic (exact) mass is 360 g/mol. The van der Waals surface area contributed by atoms with Gasteiger partial charge in [0.15, 0.2) is 6.04 Å². The molecule has 7 heteroatoms. The van der Waals surface area contributed by atoms with Gasteiger partial charge in [0.25, 0.3) is 0 Å². The zero-order valence-corrected chi connectivity index (χ0v) is 14.8. The Bertz CT molecular complexity index is 671. The number of aryl methyl sites for hydroxylation is 1. The van der Waals surface area contributed by atoms with Crippen LogP contribution in [-0.2, 0) is 25.7 Å². The summed E-state index contributed by atoms with van der Waals surface area (Å²) in [6.45, 7) is 5.82. The van der Waals surface area contributed by atoms with Gasteiger partial charge in [0.1, 0.15) is 6.04 Å². The third-order valence-corrected chi connectivity index (χ3v) is 4.24. The fourth-order valence-corrected chi connectivity index (χ4v) is 2.81. The number of carboxylic acids is 1. The van der Waals surface area contributed by atoms with Crippen molar-refractivity contribution in [1.82, 2.24) is 10.2 Å². The van der Waals surface area contributed by atoms with Crippen LogP contribution in [0, 0.1) is 6.92 Å². The maximum absolute atomic E-state index is 12.5. The minimum atomic E-state index is -1.18. The van der Waals surface area contributed by atoms with E-state index in [-0.39, 0.29) is 25.5 Å². The molecule has 2 N–H and O–H groups in total. The van der Waals surface area contributed by atoms with Gasteiger partial charge in [-0.1, -0.05) is 35.9 Å². The van der Waals surface area contributed by atoms with E-state index in [4.69, 9.17) is 4.74 Å². The van der Waals surface area contributed by atoms with Crippen molar-refractivity contribution >= 4 is 17.8 Å². The van der Waals surface area contributed by atoms with Crippen LogP contribution in [0.5, 0.6) is 0 Å². The van der Waals surface area contributed by atoms with Crippen molar-refractivity contribution in [3.05, 3.63) is 48.0 Å². The fraction of sp³-hybridized carbons (Fsp3) is 0.421. The first kappa shape index (κ1) is 19.7. The number of ether oxygens (including phenoxy) is 1. The Morgan fingerprint density at radius 1 is 1.42 bits per heavy atom. The van der Waals surface area contributed by atoms with Gasteiger partial charge in [-0.25, -0.2) is 4.79 Å². The second-order valence-electron chi connectivity index (χ2n) is 6.29. The summed E-state index contributed by atoms with van der Waals surface area (Å²) < 4.78 is 5.13. The molecule has 0 aliphatic carbocycles. The van der Waals surface area contributed by atoms with Crippen molar-refractivity contribution < 1.29 is 24.2 Å². The Balaban J connectivity index is 2.02. The standard InChI is InChI=1S/C19H24N2O5/c1-3-10-26-12-15(19(24)25)20-18(23)16-8-9-17(22)21(16)11-14-6-4-13(2)5-7-14/h3-7,15-16H,1,8-12H2,2H3,(H,20,23)(H,24,25). The Kier molecular flexibility index (Phi) is 6.91. The minimum absolute atomic E-state index is 0.111. The average Bonchev–Trinajstić information content (AvgIpc) is 2.96. The first-order valence-electron chi connectivity index (χ1n) is 8.49. The number of amides is 2. The molecule has 1 aliphatic rings. The van der Waals surface area contributed by atoms with Crippen LogP contribution in [0.4, 0.5) is 0 Å². The van der Waals surface area contributed by atoms with Crippen LogP contribution < -0.4 is 5.32 Å². The summed E-state index contributed by atoms with van der Waals surface area (Å²) in [7, 11) is 0. The molecule has 1 fully saturated rings.